The van der Waals surface area contributed by atoms with Gasteiger partial charge >= 0.3 is 0 Å². The van der Waals surface area contributed by atoms with Crippen molar-refractivity contribution in [2.75, 3.05) is 19.8 Å². The largest absolute Gasteiger partial charge is 0.507 e. The standard InChI is InChI=1S/C17H23FN2O/c1-4-9-20(12(2)11-18)10-8-14-13(3)19-15-6-5-7-16(21)17(14)15/h4-7,12,19,21H,1,8-11H2,2-3H3. The summed E-state index contributed by atoms with van der Waals surface area (Å²) in [7, 11) is 0. The average Bonchev–Trinajstić information content (AvgIpc) is 2.79. The molecule has 4 heteroatoms. The number of alkyl halides is 1. The molecule has 114 valence electrons. The first kappa shape index (κ1) is 15.6. The van der Waals surface area contributed by atoms with E-state index in [1.807, 2.05) is 26.0 Å². The minimum atomic E-state index is -0.369. The Morgan fingerprint density at radius 1 is 1.48 bits per heavy atom. The number of rotatable bonds is 7. The molecule has 0 spiro atoms. The Hall–Kier alpha value is -1.81. The third-order valence-corrected chi connectivity index (χ3v) is 3.98. The highest BCUT2D eigenvalue weighted by Gasteiger charge is 2.16. The molecule has 1 unspecified atom stereocenters. The second kappa shape index (κ2) is 6.76. The highest BCUT2D eigenvalue weighted by molar-refractivity contribution is 5.90. The van der Waals surface area contributed by atoms with Gasteiger partial charge in [-0.05, 0) is 38.0 Å². The van der Waals surface area contributed by atoms with E-state index in [9.17, 15) is 9.50 Å². The van der Waals surface area contributed by atoms with Crippen molar-refractivity contribution < 1.29 is 9.50 Å². The van der Waals surface area contributed by atoms with Crippen molar-refractivity contribution >= 4 is 10.9 Å². The molecule has 3 nitrogen and oxygen atoms in total. The lowest BCUT2D eigenvalue weighted by Crippen LogP contribution is -2.36. The van der Waals surface area contributed by atoms with Crippen molar-refractivity contribution in [3.05, 3.63) is 42.1 Å². The molecule has 0 fully saturated rings. The molecule has 0 aliphatic heterocycles. The highest BCUT2D eigenvalue weighted by atomic mass is 19.1. The van der Waals surface area contributed by atoms with E-state index in [2.05, 4.69) is 16.5 Å². The fraction of sp³-hybridized carbons (Fsp3) is 0.412. The molecule has 0 saturated carbocycles. The smallest absolute Gasteiger partial charge is 0.125 e. The number of nitrogens with zero attached hydrogens (tertiary/aromatic N) is 1. The third kappa shape index (κ3) is 3.27. The minimum Gasteiger partial charge on any atom is -0.507 e. The van der Waals surface area contributed by atoms with Gasteiger partial charge in [0.1, 0.15) is 12.4 Å². The number of hydrogen-bond acceptors (Lipinski definition) is 2. The van der Waals surface area contributed by atoms with E-state index in [4.69, 9.17) is 0 Å². The number of aromatic hydroxyl groups is 1. The number of halogens is 1. The van der Waals surface area contributed by atoms with Crippen LogP contribution in [0, 0.1) is 6.92 Å². The predicted octanol–water partition coefficient (Wildman–Crippen LogP) is 3.57. The van der Waals surface area contributed by atoms with Gasteiger partial charge in [0.25, 0.3) is 0 Å². The number of nitrogens with one attached hydrogen (secondary N) is 1. The Balaban J connectivity index is 2.23. The fourth-order valence-electron chi connectivity index (χ4n) is 2.75. The van der Waals surface area contributed by atoms with Crippen molar-refractivity contribution in [2.24, 2.45) is 0 Å². The van der Waals surface area contributed by atoms with Gasteiger partial charge in [0, 0.05) is 35.7 Å². The molecule has 1 atom stereocenters. The number of hydrogen-bond donors (Lipinski definition) is 2. The number of aromatic nitrogens is 1. The molecule has 2 N–H and O–H groups in total. The van der Waals surface area contributed by atoms with Crippen LogP contribution in [0.4, 0.5) is 4.39 Å². The van der Waals surface area contributed by atoms with Crippen LogP contribution in [-0.2, 0) is 6.42 Å². The molecule has 0 saturated heterocycles. The normalized spacial score (nSPS) is 13.0. The predicted molar refractivity (Wildman–Crippen MR) is 85.6 cm³/mol. The lowest BCUT2D eigenvalue weighted by Gasteiger charge is -2.25. The van der Waals surface area contributed by atoms with E-state index < -0.39 is 0 Å². The zero-order chi connectivity index (χ0) is 15.4. The first-order chi connectivity index (χ1) is 10.1. The Morgan fingerprint density at radius 3 is 2.90 bits per heavy atom. The summed E-state index contributed by atoms with van der Waals surface area (Å²) in [6.07, 6.45) is 2.56. The van der Waals surface area contributed by atoms with E-state index in [1.165, 1.54) is 0 Å². The zero-order valence-electron chi connectivity index (χ0n) is 12.7. The van der Waals surface area contributed by atoms with E-state index in [0.29, 0.717) is 12.3 Å². The lowest BCUT2D eigenvalue weighted by atomic mass is 10.1. The summed E-state index contributed by atoms with van der Waals surface area (Å²) < 4.78 is 12.9. The summed E-state index contributed by atoms with van der Waals surface area (Å²) in [4.78, 5) is 5.35. The van der Waals surface area contributed by atoms with Crippen molar-refractivity contribution in [1.29, 1.82) is 0 Å². The van der Waals surface area contributed by atoms with Gasteiger partial charge in [-0.15, -0.1) is 6.58 Å². The number of H-pyrrole nitrogens is 1. The van der Waals surface area contributed by atoms with Crippen LogP contribution in [0.5, 0.6) is 5.75 Å². The summed E-state index contributed by atoms with van der Waals surface area (Å²) >= 11 is 0. The van der Waals surface area contributed by atoms with E-state index in [-0.39, 0.29) is 12.7 Å². The molecule has 0 radical (unpaired) electrons. The molecule has 1 aromatic heterocycles. The van der Waals surface area contributed by atoms with E-state index in [1.54, 1.807) is 12.1 Å². The maximum atomic E-state index is 12.9. The van der Waals surface area contributed by atoms with Gasteiger partial charge in [-0.2, -0.15) is 0 Å². The first-order valence-corrected chi connectivity index (χ1v) is 7.28. The highest BCUT2D eigenvalue weighted by Crippen LogP contribution is 2.30. The van der Waals surface area contributed by atoms with Crippen LogP contribution in [-0.4, -0.2) is 40.8 Å². The van der Waals surface area contributed by atoms with Crippen LogP contribution >= 0.6 is 0 Å². The van der Waals surface area contributed by atoms with Gasteiger partial charge in [-0.25, -0.2) is 4.39 Å². The molecule has 1 aromatic carbocycles. The quantitative estimate of drug-likeness (QED) is 0.765. The van der Waals surface area contributed by atoms with Crippen molar-refractivity contribution in [3.8, 4) is 5.75 Å². The fourth-order valence-corrected chi connectivity index (χ4v) is 2.75. The molecular weight excluding hydrogens is 267 g/mol. The van der Waals surface area contributed by atoms with Crippen molar-refractivity contribution in [2.45, 2.75) is 26.3 Å². The second-order valence-electron chi connectivity index (χ2n) is 5.47. The molecule has 0 aliphatic carbocycles. The van der Waals surface area contributed by atoms with Crippen LogP contribution in [0.2, 0.25) is 0 Å². The van der Waals surface area contributed by atoms with Gasteiger partial charge in [-0.3, -0.25) is 4.90 Å². The number of fused-ring (bicyclic) bond motifs is 1. The number of aryl methyl sites for hydroxylation is 1. The Morgan fingerprint density at radius 2 is 2.24 bits per heavy atom. The summed E-state index contributed by atoms with van der Waals surface area (Å²) in [5, 5.41) is 11.0. The summed E-state index contributed by atoms with van der Waals surface area (Å²) in [6.45, 7) is 8.65. The molecular formula is C17H23FN2O. The maximum Gasteiger partial charge on any atom is 0.125 e. The number of phenolic OH excluding ortho intramolecular Hbond substituents is 1. The van der Waals surface area contributed by atoms with Crippen LogP contribution in [0.1, 0.15) is 18.2 Å². The van der Waals surface area contributed by atoms with E-state index >= 15 is 0 Å². The average molecular weight is 290 g/mol. The molecule has 1 heterocycles. The summed E-state index contributed by atoms with van der Waals surface area (Å²) in [5.41, 5.74) is 3.09. The number of phenols is 1. The van der Waals surface area contributed by atoms with E-state index in [0.717, 1.165) is 35.1 Å². The van der Waals surface area contributed by atoms with Crippen molar-refractivity contribution in [3.63, 3.8) is 0 Å². The van der Waals surface area contributed by atoms with Crippen molar-refractivity contribution in [1.82, 2.24) is 9.88 Å². The Kier molecular flexibility index (Phi) is 5.02. The monoisotopic (exact) mass is 290 g/mol. The zero-order valence-corrected chi connectivity index (χ0v) is 12.7. The van der Waals surface area contributed by atoms with Crippen LogP contribution in [0.15, 0.2) is 30.9 Å². The van der Waals surface area contributed by atoms with Gasteiger partial charge in [0.2, 0.25) is 0 Å². The second-order valence-corrected chi connectivity index (χ2v) is 5.47. The Labute approximate surface area is 125 Å². The van der Waals surface area contributed by atoms with Gasteiger partial charge in [-0.1, -0.05) is 12.1 Å². The summed E-state index contributed by atoms with van der Waals surface area (Å²) in [6, 6.07) is 5.36. The van der Waals surface area contributed by atoms with Crippen LogP contribution in [0.3, 0.4) is 0 Å². The number of benzene rings is 1. The maximum absolute atomic E-state index is 12.9. The molecule has 0 aliphatic rings. The Bertz CT molecular complexity index is 621. The number of aromatic amines is 1. The topological polar surface area (TPSA) is 39.3 Å². The van der Waals surface area contributed by atoms with Gasteiger partial charge in [0.15, 0.2) is 0 Å². The van der Waals surface area contributed by atoms with Crippen LogP contribution in [0.25, 0.3) is 10.9 Å². The molecule has 0 amide bonds. The molecule has 2 rings (SSSR count). The van der Waals surface area contributed by atoms with Crippen LogP contribution < -0.4 is 0 Å². The molecule has 0 bridgehead atoms. The SMILES string of the molecule is C=CCN(CCc1c(C)[nH]c2cccc(O)c12)C(C)CF. The minimum absolute atomic E-state index is 0.123. The third-order valence-electron chi connectivity index (χ3n) is 3.98. The first-order valence-electron chi connectivity index (χ1n) is 7.28. The molecule has 21 heavy (non-hydrogen) atoms. The molecule has 2 aromatic rings. The van der Waals surface area contributed by atoms with Gasteiger partial charge in [0.05, 0.1) is 0 Å². The van der Waals surface area contributed by atoms with Gasteiger partial charge < -0.3 is 10.1 Å². The summed E-state index contributed by atoms with van der Waals surface area (Å²) in [5.74, 6) is 0.292. The lowest BCUT2D eigenvalue weighted by molar-refractivity contribution is 0.198.